The van der Waals surface area contributed by atoms with Crippen molar-refractivity contribution in [2.45, 2.75) is 13.0 Å². The van der Waals surface area contributed by atoms with Crippen molar-refractivity contribution in [3.63, 3.8) is 0 Å². The smallest absolute Gasteiger partial charge is 0.317 e. The summed E-state index contributed by atoms with van der Waals surface area (Å²) >= 11 is 0. The molecule has 0 aliphatic rings. The van der Waals surface area contributed by atoms with Gasteiger partial charge in [0.1, 0.15) is 11.5 Å². The van der Waals surface area contributed by atoms with Crippen LogP contribution in [-0.4, -0.2) is 64.8 Å². The van der Waals surface area contributed by atoms with Crippen LogP contribution in [0.3, 0.4) is 0 Å². The average Bonchev–Trinajstić information content (AvgIpc) is 2.36. The molecule has 1 unspecified atom stereocenters. The lowest BCUT2D eigenvalue weighted by atomic mass is 10.0. The zero-order valence-electron chi connectivity index (χ0n) is 12.1. The van der Waals surface area contributed by atoms with E-state index in [0.29, 0.717) is 18.7 Å². The second-order valence-electron chi connectivity index (χ2n) is 5.09. The summed E-state index contributed by atoms with van der Waals surface area (Å²) in [6, 6.07) is 3.96. The van der Waals surface area contributed by atoms with Crippen LogP contribution in [0.25, 0.3) is 0 Å². The van der Waals surface area contributed by atoms with Crippen LogP contribution >= 0.6 is 0 Å². The lowest BCUT2D eigenvalue weighted by Crippen LogP contribution is -2.37. The van der Waals surface area contributed by atoms with Crippen molar-refractivity contribution in [1.29, 1.82) is 0 Å². The Hall–Kier alpha value is -1.79. The normalized spacial score (nSPS) is 12.8. The predicted octanol–water partition coefficient (Wildman–Crippen LogP) is 1.11. The van der Waals surface area contributed by atoms with Crippen LogP contribution in [-0.2, 0) is 4.79 Å². The van der Waals surface area contributed by atoms with E-state index in [1.54, 1.807) is 4.90 Å². The van der Waals surface area contributed by atoms with E-state index in [9.17, 15) is 15.0 Å². The van der Waals surface area contributed by atoms with Crippen LogP contribution in [0.1, 0.15) is 18.5 Å². The first-order chi connectivity index (χ1) is 9.31. The first-order valence-corrected chi connectivity index (χ1v) is 6.43. The summed E-state index contributed by atoms with van der Waals surface area (Å²) in [5.41, 5.74) is 0.519. The van der Waals surface area contributed by atoms with Crippen LogP contribution < -0.4 is 0 Å². The highest BCUT2D eigenvalue weighted by molar-refractivity contribution is 5.69. The number of carboxylic acids is 1. The maximum absolute atomic E-state index is 11.0. The number of nitrogens with zero attached hydrogens (tertiary/aromatic N) is 2. The third kappa shape index (κ3) is 4.71. The molecular formula is C14H22N2O4. The molecule has 20 heavy (non-hydrogen) atoms. The Kier molecular flexibility index (Phi) is 5.79. The highest BCUT2D eigenvalue weighted by Crippen LogP contribution is 2.31. The van der Waals surface area contributed by atoms with Gasteiger partial charge >= 0.3 is 5.97 Å². The lowest BCUT2D eigenvalue weighted by Gasteiger charge is -2.29. The van der Waals surface area contributed by atoms with Crippen LogP contribution in [0.2, 0.25) is 0 Å². The van der Waals surface area contributed by atoms with Crippen LogP contribution in [0.5, 0.6) is 11.5 Å². The first-order valence-electron chi connectivity index (χ1n) is 6.43. The number of hydrogen-bond acceptors (Lipinski definition) is 5. The largest absolute Gasteiger partial charge is 0.508 e. The number of rotatable bonds is 7. The van der Waals surface area contributed by atoms with Gasteiger partial charge in [-0.15, -0.1) is 0 Å². The SMILES string of the molecule is CC(c1cc(O)ccc1O)N(CCN(C)C)CC(=O)O. The molecule has 1 rings (SSSR count). The minimum Gasteiger partial charge on any atom is -0.508 e. The van der Waals surface area contributed by atoms with Crippen molar-refractivity contribution < 1.29 is 20.1 Å². The third-order valence-corrected chi connectivity index (χ3v) is 3.18. The van der Waals surface area contributed by atoms with E-state index in [1.165, 1.54) is 18.2 Å². The number of benzene rings is 1. The number of aliphatic carboxylic acids is 1. The van der Waals surface area contributed by atoms with Crippen LogP contribution in [0, 0.1) is 0 Å². The van der Waals surface area contributed by atoms with Crippen molar-refractivity contribution in [1.82, 2.24) is 9.80 Å². The molecule has 0 radical (unpaired) electrons. The number of hydrogen-bond donors (Lipinski definition) is 3. The number of likely N-dealkylation sites (N-methyl/N-ethyl adjacent to an activating group) is 1. The molecule has 112 valence electrons. The Balaban J connectivity index is 2.93. The summed E-state index contributed by atoms with van der Waals surface area (Å²) in [5.74, 6) is -0.821. The fourth-order valence-electron chi connectivity index (χ4n) is 1.99. The van der Waals surface area contributed by atoms with Gasteiger partial charge in [-0.25, -0.2) is 0 Å². The van der Waals surface area contributed by atoms with Crippen molar-refractivity contribution >= 4 is 5.97 Å². The maximum Gasteiger partial charge on any atom is 0.317 e. The molecule has 6 nitrogen and oxygen atoms in total. The molecule has 0 aromatic heterocycles. The summed E-state index contributed by atoms with van der Waals surface area (Å²) in [6.45, 7) is 2.95. The molecule has 1 aromatic rings. The van der Waals surface area contributed by atoms with Crippen molar-refractivity contribution in [2.75, 3.05) is 33.7 Å². The molecule has 0 saturated carbocycles. The molecule has 0 fully saturated rings. The highest BCUT2D eigenvalue weighted by atomic mass is 16.4. The van der Waals surface area contributed by atoms with E-state index in [2.05, 4.69) is 0 Å². The molecule has 0 heterocycles. The number of aromatic hydroxyl groups is 2. The molecule has 0 saturated heterocycles. The average molecular weight is 282 g/mol. The third-order valence-electron chi connectivity index (χ3n) is 3.18. The Morgan fingerprint density at radius 2 is 1.90 bits per heavy atom. The molecule has 0 bridgehead atoms. The van der Waals surface area contributed by atoms with Gasteiger partial charge in [-0.2, -0.15) is 0 Å². The zero-order valence-corrected chi connectivity index (χ0v) is 12.1. The Bertz CT molecular complexity index is 462. The van der Waals surface area contributed by atoms with Gasteiger partial charge < -0.3 is 20.2 Å². The van der Waals surface area contributed by atoms with Gasteiger partial charge in [0.15, 0.2) is 0 Å². The van der Waals surface area contributed by atoms with Gasteiger partial charge in [0.05, 0.1) is 6.54 Å². The molecule has 0 amide bonds. The van der Waals surface area contributed by atoms with E-state index in [1.807, 2.05) is 25.9 Å². The molecule has 0 spiro atoms. The first kappa shape index (κ1) is 16.3. The molecule has 0 aliphatic carbocycles. The second kappa shape index (κ2) is 7.12. The molecule has 0 aliphatic heterocycles. The van der Waals surface area contributed by atoms with Gasteiger partial charge in [-0.05, 0) is 39.2 Å². The molecule has 3 N–H and O–H groups in total. The zero-order chi connectivity index (χ0) is 15.3. The fraction of sp³-hybridized carbons (Fsp3) is 0.500. The minimum absolute atomic E-state index is 0.0486. The number of phenolic OH excluding ortho intramolecular Hbond substituents is 2. The van der Waals surface area contributed by atoms with Gasteiger partial charge in [0, 0.05) is 24.7 Å². The van der Waals surface area contributed by atoms with Crippen molar-refractivity contribution in [2.24, 2.45) is 0 Å². The highest BCUT2D eigenvalue weighted by Gasteiger charge is 2.21. The molecule has 1 atom stereocenters. The molecular weight excluding hydrogens is 260 g/mol. The quantitative estimate of drug-likeness (QED) is 0.650. The summed E-state index contributed by atoms with van der Waals surface area (Å²) in [5, 5.41) is 28.4. The van der Waals surface area contributed by atoms with E-state index < -0.39 is 5.97 Å². The van der Waals surface area contributed by atoms with Gasteiger partial charge in [-0.1, -0.05) is 0 Å². The molecule has 6 heteroatoms. The standard InChI is InChI=1S/C14H22N2O4/c1-10(12-8-11(17)4-5-13(12)18)16(9-14(19)20)7-6-15(2)3/h4-5,8,10,17-18H,6-7,9H2,1-3H3,(H,19,20). The van der Waals surface area contributed by atoms with Crippen molar-refractivity contribution in [3.05, 3.63) is 23.8 Å². The second-order valence-corrected chi connectivity index (χ2v) is 5.09. The predicted molar refractivity (Wildman–Crippen MR) is 75.9 cm³/mol. The van der Waals surface area contributed by atoms with Crippen LogP contribution in [0.15, 0.2) is 18.2 Å². The van der Waals surface area contributed by atoms with E-state index >= 15 is 0 Å². The van der Waals surface area contributed by atoms with E-state index in [0.717, 1.165) is 0 Å². The van der Waals surface area contributed by atoms with Gasteiger partial charge in [0.2, 0.25) is 0 Å². The van der Waals surface area contributed by atoms with Crippen LogP contribution in [0.4, 0.5) is 0 Å². The summed E-state index contributed by atoms with van der Waals surface area (Å²) in [7, 11) is 3.82. The number of carboxylic acid groups (broad SMARTS) is 1. The van der Waals surface area contributed by atoms with Gasteiger partial charge in [0.25, 0.3) is 0 Å². The number of phenols is 2. The van der Waals surface area contributed by atoms with E-state index in [4.69, 9.17) is 5.11 Å². The summed E-state index contributed by atoms with van der Waals surface area (Å²) in [4.78, 5) is 14.7. The Morgan fingerprint density at radius 3 is 2.45 bits per heavy atom. The van der Waals surface area contributed by atoms with Crippen molar-refractivity contribution in [3.8, 4) is 11.5 Å². The summed E-state index contributed by atoms with van der Waals surface area (Å²) in [6.07, 6.45) is 0. The van der Waals surface area contributed by atoms with Gasteiger partial charge in [-0.3, -0.25) is 9.69 Å². The maximum atomic E-state index is 11.0. The van der Waals surface area contributed by atoms with E-state index in [-0.39, 0.29) is 24.1 Å². The fourth-order valence-corrected chi connectivity index (χ4v) is 1.99. The topological polar surface area (TPSA) is 84.2 Å². The summed E-state index contributed by atoms with van der Waals surface area (Å²) < 4.78 is 0. The molecule has 1 aromatic carbocycles. The Morgan fingerprint density at radius 1 is 1.25 bits per heavy atom. The lowest BCUT2D eigenvalue weighted by molar-refractivity contribution is -0.139. The minimum atomic E-state index is -0.921. The number of carbonyl (C=O) groups is 1. The Labute approximate surface area is 118 Å². The monoisotopic (exact) mass is 282 g/mol.